The van der Waals surface area contributed by atoms with E-state index >= 15 is 0 Å². The second kappa shape index (κ2) is 3.83. The lowest BCUT2D eigenvalue weighted by Crippen LogP contribution is -2.32. The van der Waals surface area contributed by atoms with Crippen LogP contribution in [-0.4, -0.2) is 10.5 Å². The highest BCUT2D eigenvalue weighted by molar-refractivity contribution is 6.21. The minimum Gasteiger partial charge on any atom is -0.372 e. The summed E-state index contributed by atoms with van der Waals surface area (Å²) in [6, 6.07) is 9.02. The van der Waals surface area contributed by atoms with E-state index in [1.165, 1.54) is 0 Å². The van der Waals surface area contributed by atoms with E-state index in [-0.39, 0.29) is 0 Å². The van der Waals surface area contributed by atoms with Crippen LogP contribution in [0.2, 0.25) is 0 Å². The molecule has 0 heterocycles. The SMILES string of the molecule is C#C[C@@](O)(c1ccccc1)[C@@H](C)Cl. The zero-order valence-corrected chi connectivity index (χ0v) is 8.12. The second-order valence-electron chi connectivity index (χ2n) is 2.89. The first-order valence-electron chi connectivity index (χ1n) is 4.01. The number of halogens is 1. The van der Waals surface area contributed by atoms with Gasteiger partial charge in [0.05, 0.1) is 5.38 Å². The number of hydrogen-bond donors (Lipinski definition) is 1. The van der Waals surface area contributed by atoms with Gasteiger partial charge in [-0.3, -0.25) is 0 Å². The van der Waals surface area contributed by atoms with Gasteiger partial charge in [0.2, 0.25) is 0 Å². The maximum atomic E-state index is 10.0. The molecule has 0 aliphatic carbocycles. The third kappa shape index (κ3) is 1.85. The standard InChI is InChI=1S/C11H11ClO/c1-3-11(13,9(2)12)10-7-5-4-6-8-10/h1,4-9,13H,2H3/t9-,11+/m1/s1. The van der Waals surface area contributed by atoms with E-state index in [4.69, 9.17) is 18.0 Å². The van der Waals surface area contributed by atoms with Crippen molar-refractivity contribution in [3.05, 3.63) is 35.9 Å². The van der Waals surface area contributed by atoms with Crippen LogP contribution in [0.5, 0.6) is 0 Å². The summed E-state index contributed by atoms with van der Waals surface area (Å²) in [6.45, 7) is 1.68. The molecule has 0 unspecified atom stereocenters. The molecule has 0 saturated carbocycles. The highest BCUT2D eigenvalue weighted by atomic mass is 35.5. The van der Waals surface area contributed by atoms with E-state index in [0.29, 0.717) is 5.56 Å². The molecule has 0 radical (unpaired) electrons. The smallest absolute Gasteiger partial charge is 0.166 e. The summed E-state index contributed by atoms with van der Waals surface area (Å²) in [6.07, 6.45) is 5.26. The molecule has 0 saturated heterocycles. The molecule has 2 atom stereocenters. The Morgan fingerprint density at radius 2 is 2.00 bits per heavy atom. The number of terminal acetylenes is 1. The van der Waals surface area contributed by atoms with Crippen molar-refractivity contribution in [3.8, 4) is 12.3 Å². The van der Waals surface area contributed by atoms with E-state index in [1.807, 2.05) is 18.2 Å². The molecular weight excluding hydrogens is 184 g/mol. The fourth-order valence-electron chi connectivity index (χ4n) is 1.12. The number of aliphatic hydroxyl groups is 1. The molecule has 0 amide bonds. The molecule has 0 aromatic heterocycles. The summed E-state index contributed by atoms with van der Waals surface area (Å²) in [7, 11) is 0. The van der Waals surface area contributed by atoms with Gasteiger partial charge in [-0.2, -0.15) is 0 Å². The monoisotopic (exact) mass is 194 g/mol. The molecule has 0 aliphatic rings. The van der Waals surface area contributed by atoms with E-state index in [1.54, 1.807) is 19.1 Å². The van der Waals surface area contributed by atoms with Crippen LogP contribution in [0.3, 0.4) is 0 Å². The lowest BCUT2D eigenvalue weighted by Gasteiger charge is -2.25. The van der Waals surface area contributed by atoms with Gasteiger partial charge in [-0.05, 0) is 12.5 Å². The van der Waals surface area contributed by atoms with Crippen LogP contribution in [0.1, 0.15) is 12.5 Å². The van der Waals surface area contributed by atoms with Crippen LogP contribution in [0.15, 0.2) is 30.3 Å². The number of hydrogen-bond acceptors (Lipinski definition) is 1. The lowest BCUT2D eigenvalue weighted by molar-refractivity contribution is 0.100. The molecule has 13 heavy (non-hydrogen) atoms. The summed E-state index contributed by atoms with van der Waals surface area (Å²) >= 11 is 5.83. The molecule has 68 valence electrons. The lowest BCUT2D eigenvalue weighted by atomic mass is 9.92. The van der Waals surface area contributed by atoms with Gasteiger partial charge in [0.25, 0.3) is 0 Å². The summed E-state index contributed by atoms with van der Waals surface area (Å²) in [4.78, 5) is 0. The summed E-state index contributed by atoms with van der Waals surface area (Å²) in [5.41, 5.74) is -0.719. The third-order valence-electron chi connectivity index (χ3n) is 2.01. The van der Waals surface area contributed by atoms with E-state index in [0.717, 1.165) is 0 Å². The Kier molecular flexibility index (Phi) is 2.98. The van der Waals surface area contributed by atoms with Crippen molar-refractivity contribution in [3.63, 3.8) is 0 Å². The highest BCUT2D eigenvalue weighted by Crippen LogP contribution is 2.27. The van der Waals surface area contributed by atoms with Crippen LogP contribution in [0.4, 0.5) is 0 Å². The number of benzene rings is 1. The molecule has 1 nitrogen and oxygen atoms in total. The number of rotatable bonds is 2. The maximum absolute atomic E-state index is 10.0. The van der Waals surface area contributed by atoms with Gasteiger partial charge < -0.3 is 5.11 Å². The molecular formula is C11H11ClO. The Morgan fingerprint density at radius 1 is 1.46 bits per heavy atom. The predicted octanol–water partition coefficient (Wildman–Crippen LogP) is 2.13. The Hall–Kier alpha value is -0.970. The van der Waals surface area contributed by atoms with Crippen LogP contribution in [0.25, 0.3) is 0 Å². The van der Waals surface area contributed by atoms with Gasteiger partial charge in [-0.1, -0.05) is 36.3 Å². The minimum atomic E-state index is -1.37. The van der Waals surface area contributed by atoms with Gasteiger partial charge in [-0.15, -0.1) is 18.0 Å². The van der Waals surface area contributed by atoms with Crippen molar-refractivity contribution in [2.45, 2.75) is 17.9 Å². The zero-order valence-electron chi connectivity index (χ0n) is 7.37. The topological polar surface area (TPSA) is 20.2 Å². The number of alkyl halides is 1. The van der Waals surface area contributed by atoms with Crippen molar-refractivity contribution in [1.82, 2.24) is 0 Å². The van der Waals surface area contributed by atoms with E-state index < -0.39 is 11.0 Å². The van der Waals surface area contributed by atoms with Gasteiger partial charge in [0, 0.05) is 0 Å². The van der Waals surface area contributed by atoms with Gasteiger partial charge in [0.1, 0.15) is 0 Å². The van der Waals surface area contributed by atoms with E-state index in [9.17, 15) is 5.11 Å². The molecule has 2 heteroatoms. The first kappa shape index (κ1) is 10.1. The average Bonchev–Trinajstić information content (AvgIpc) is 2.17. The Labute approximate surface area is 83.4 Å². The molecule has 1 aromatic carbocycles. The van der Waals surface area contributed by atoms with Crippen molar-refractivity contribution in [1.29, 1.82) is 0 Å². The van der Waals surface area contributed by atoms with Gasteiger partial charge in [-0.25, -0.2) is 0 Å². The normalized spacial score (nSPS) is 17.1. The van der Waals surface area contributed by atoms with Crippen molar-refractivity contribution in [2.24, 2.45) is 0 Å². The van der Waals surface area contributed by atoms with Crippen LogP contribution in [-0.2, 0) is 5.60 Å². The summed E-state index contributed by atoms with van der Waals surface area (Å²) < 4.78 is 0. The largest absolute Gasteiger partial charge is 0.372 e. The van der Waals surface area contributed by atoms with E-state index in [2.05, 4.69) is 5.92 Å². The molecule has 0 aliphatic heterocycles. The Bertz CT molecular complexity index is 313. The minimum absolute atomic E-state index is 0.514. The molecule has 0 fully saturated rings. The molecule has 1 N–H and O–H groups in total. The van der Waals surface area contributed by atoms with Crippen molar-refractivity contribution in [2.75, 3.05) is 0 Å². The fraction of sp³-hybridized carbons (Fsp3) is 0.273. The van der Waals surface area contributed by atoms with Gasteiger partial charge >= 0.3 is 0 Å². The fourth-order valence-corrected chi connectivity index (χ4v) is 1.31. The molecule has 0 bridgehead atoms. The highest BCUT2D eigenvalue weighted by Gasteiger charge is 2.31. The first-order valence-corrected chi connectivity index (χ1v) is 4.44. The van der Waals surface area contributed by atoms with Crippen LogP contribution < -0.4 is 0 Å². The van der Waals surface area contributed by atoms with Crippen molar-refractivity contribution >= 4 is 11.6 Å². The average molecular weight is 195 g/mol. The maximum Gasteiger partial charge on any atom is 0.166 e. The third-order valence-corrected chi connectivity index (χ3v) is 2.33. The predicted molar refractivity (Wildman–Crippen MR) is 54.5 cm³/mol. The second-order valence-corrected chi connectivity index (χ2v) is 3.55. The summed E-state index contributed by atoms with van der Waals surface area (Å²) in [5, 5.41) is 9.49. The summed E-state index contributed by atoms with van der Waals surface area (Å²) in [5.74, 6) is 2.32. The van der Waals surface area contributed by atoms with Crippen molar-refractivity contribution < 1.29 is 5.11 Å². The Morgan fingerprint density at radius 3 is 2.38 bits per heavy atom. The molecule has 1 rings (SSSR count). The molecule has 0 spiro atoms. The first-order chi connectivity index (χ1) is 6.11. The Balaban J connectivity index is 3.13. The van der Waals surface area contributed by atoms with Crippen LogP contribution >= 0.6 is 11.6 Å². The van der Waals surface area contributed by atoms with Crippen LogP contribution in [0, 0.1) is 12.3 Å². The zero-order chi connectivity index (χ0) is 9.90. The molecule has 1 aromatic rings. The van der Waals surface area contributed by atoms with Gasteiger partial charge in [0.15, 0.2) is 5.60 Å². The quantitative estimate of drug-likeness (QED) is 0.565.